The van der Waals surface area contributed by atoms with Gasteiger partial charge in [0.05, 0.1) is 12.0 Å². The van der Waals surface area contributed by atoms with Crippen molar-refractivity contribution >= 4 is 27.8 Å². The topological polar surface area (TPSA) is 78.3 Å². The van der Waals surface area contributed by atoms with Crippen LogP contribution in [0.4, 0.5) is 0 Å². The fourth-order valence-electron chi connectivity index (χ4n) is 5.50. The van der Waals surface area contributed by atoms with Crippen molar-refractivity contribution in [2.45, 2.75) is 69.2 Å². The third-order valence-corrected chi connectivity index (χ3v) is 9.68. The zero-order chi connectivity index (χ0) is 32.0. The van der Waals surface area contributed by atoms with Gasteiger partial charge in [0.1, 0.15) is 23.6 Å². The number of sulfone groups is 1. The van der Waals surface area contributed by atoms with Crippen molar-refractivity contribution in [3.63, 3.8) is 0 Å². The zero-order valence-electron chi connectivity index (χ0n) is 27.0. The highest BCUT2D eigenvalue weighted by Gasteiger charge is 2.27. The highest BCUT2D eigenvalue weighted by molar-refractivity contribution is 7.91. The van der Waals surface area contributed by atoms with Crippen LogP contribution in [-0.2, 0) is 22.9 Å². The van der Waals surface area contributed by atoms with Crippen LogP contribution in [0.15, 0.2) is 107 Å². The summed E-state index contributed by atoms with van der Waals surface area (Å²) in [6, 6.07) is 28.6. The van der Waals surface area contributed by atoms with Crippen LogP contribution in [0.2, 0.25) is 0 Å². The van der Waals surface area contributed by atoms with Crippen LogP contribution in [0, 0.1) is 6.92 Å². The number of benzene rings is 3. The molecule has 0 saturated carbocycles. The van der Waals surface area contributed by atoms with Crippen molar-refractivity contribution in [2.75, 3.05) is 13.7 Å². The molecule has 2 heterocycles. The van der Waals surface area contributed by atoms with Gasteiger partial charge in [0.25, 0.3) is 0 Å². The number of halogens is 1. The summed E-state index contributed by atoms with van der Waals surface area (Å²) in [5, 5.41) is 3.80. The van der Waals surface area contributed by atoms with E-state index in [9.17, 15) is 8.42 Å². The van der Waals surface area contributed by atoms with Crippen LogP contribution in [0.3, 0.4) is 0 Å². The Morgan fingerprint density at radius 2 is 1.61 bits per heavy atom. The normalized spacial score (nSPS) is 12.1. The lowest BCUT2D eigenvalue weighted by atomic mass is 10.1. The Hall–Kier alpha value is -3.98. The predicted octanol–water partition coefficient (Wildman–Crippen LogP) is 8.16. The molecule has 0 aliphatic carbocycles. The summed E-state index contributed by atoms with van der Waals surface area (Å²) < 4.78 is 47.4. The first-order valence-corrected chi connectivity index (χ1v) is 16.9. The van der Waals surface area contributed by atoms with E-state index >= 15 is 0 Å². The fourth-order valence-corrected chi connectivity index (χ4v) is 7.25. The summed E-state index contributed by atoms with van der Waals surface area (Å²) in [6.45, 7) is 9.25. The molecule has 7 nitrogen and oxygen atoms in total. The molecular weight excluding hydrogens is 620 g/mol. The fraction of sp³-hybridized carbons (Fsp3) is 0.297. The number of rotatable bonds is 14. The monoisotopic (exact) mass is 662 g/mol. The van der Waals surface area contributed by atoms with E-state index in [1.165, 1.54) is 0 Å². The highest BCUT2D eigenvalue weighted by Crippen LogP contribution is 2.34. The van der Waals surface area contributed by atoms with Crippen LogP contribution in [0.25, 0.3) is 5.52 Å². The molecule has 0 fully saturated rings. The van der Waals surface area contributed by atoms with Crippen molar-refractivity contribution in [3.8, 4) is 17.2 Å². The number of fused-ring (bicyclic) bond motifs is 1. The number of hydrogen-bond acceptors (Lipinski definition) is 6. The first-order chi connectivity index (χ1) is 21.7. The summed E-state index contributed by atoms with van der Waals surface area (Å²) >= 11 is 0. The lowest BCUT2D eigenvalue weighted by molar-refractivity contribution is 0.160. The molecule has 244 valence electrons. The van der Waals surface area contributed by atoms with Gasteiger partial charge in [-0.2, -0.15) is 0 Å². The molecule has 0 aliphatic rings. The summed E-state index contributed by atoms with van der Waals surface area (Å²) in [4.78, 5) is 0.238. The highest BCUT2D eigenvalue weighted by atomic mass is 35.5. The van der Waals surface area contributed by atoms with Crippen LogP contribution in [0.5, 0.6) is 17.2 Å². The van der Waals surface area contributed by atoms with E-state index in [1.54, 1.807) is 42.0 Å². The first kappa shape index (κ1) is 34.9. The Morgan fingerprint density at radius 1 is 0.891 bits per heavy atom. The van der Waals surface area contributed by atoms with Crippen molar-refractivity contribution in [1.82, 2.24) is 9.72 Å². The van der Waals surface area contributed by atoms with Gasteiger partial charge >= 0.3 is 0 Å². The van der Waals surface area contributed by atoms with E-state index in [-0.39, 0.29) is 29.4 Å². The minimum Gasteiger partial charge on any atom is -0.493 e. The number of nitrogens with zero attached hydrogens (tertiary/aromatic N) is 1. The summed E-state index contributed by atoms with van der Waals surface area (Å²) in [7, 11) is -2.09. The van der Waals surface area contributed by atoms with Crippen LogP contribution in [0.1, 0.15) is 55.4 Å². The number of nitrogens with one attached hydrogen (secondary N) is 1. The van der Waals surface area contributed by atoms with Gasteiger partial charge in [-0.15, -0.1) is 12.4 Å². The Bertz CT molecular complexity index is 1840. The van der Waals surface area contributed by atoms with Gasteiger partial charge in [-0.3, -0.25) is 5.32 Å². The third-order valence-electron chi connectivity index (χ3n) is 7.85. The molecule has 1 atom stereocenters. The molecule has 0 spiro atoms. The van der Waals surface area contributed by atoms with Gasteiger partial charge in [0.2, 0.25) is 9.84 Å². The summed E-state index contributed by atoms with van der Waals surface area (Å²) in [6.07, 6.45) is 3.07. The zero-order valence-corrected chi connectivity index (χ0v) is 28.7. The maximum Gasteiger partial charge on any atom is 0.222 e. The Balaban J connectivity index is 0.00000480. The van der Waals surface area contributed by atoms with Crippen molar-refractivity contribution < 1.29 is 22.6 Å². The number of hydrogen-bond donors (Lipinski definition) is 1. The smallest absolute Gasteiger partial charge is 0.222 e. The molecule has 0 radical (unpaired) electrons. The third kappa shape index (κ3) is 7.86. The van der Waals surface area contributed by atoms with Crippen molar-refractivity contribution in [3.05, 3.63) is 119 Å². The molecule has 5 rings (SSSR count). The maximum atomic E-state index is 13.8. The molecule has 1 unspecified atom stereocenters. The van der Waals surface area contributed by atoms with Gasteiger partial charge in [-0.1, -0.05) is 63.2 Å². The van der Waals surface area contributed by atoms with E-state index in [0.717, 1.165) is 52.1 Å². The van der Waals surface area contributed by atoms with E-state index in [4.69, 9.17) is 14.2 Å². The molecule has 0 bridgehead atoms. The van der Waals surface area contributed by atoms with Gasteiger partial charge in [0, 0.05) is 18.3 Å². The quantitative estimate of drug-likeness (QED) is 0.121. The molecule has 5 aromatic rings. The second kappa shape index (κ2) is 15.5. The van der Waals surface area contributed by atoms with Crippen molar-refractivity contribution in [2.24, 2.45) is 0 Å². The van der Waals surface area contributed by atoms with Crippen LogP contribution >= 0.6 is 12.4 Å². The summed E-state index contributed by atoms with van der Waals surface area (Å²) in [5.41, 5.74) is 4.91. The first-order valence-electron chi connectivity index (χ1n) is 15.4. The molecule has 0 amide bonds. The second-order valence-corrected chi connectivity index (χ2v) is 13.3. The number of ether oxygens (including phenoxy) is 3. The maximum absolute atomic E-state index is 13.8. The van der Waals surface area contributed by atoms with Gasteiger partial charge in [-0.25, -0.2) is 8.42 Å². The average molecular weight is 663 g/mol. The van der Waals surface area contributed by atoms with Gasteiger partial charge in [-0.05, 0) is 96.5 Å². The largest absolute Gasteiger partial charge is 0.493 e. The standard InChI is InChI=1S/C37H42N2O5S.ClH/c1-6-35(38-20-19-29-22-27(4)36(42-5)34(23-29)43-25-28-12-8-7-9-13-28)44-31-15-17-32(18-16-31)45(40,41)37-33(26(2)3)24-30-14-10-11-21-39(30)37;/h7-18,21-24,26,35,38H,6,19-20,25H2,1-5H3;1H. The van der Waals surface area contributed by atoms with Crippen LogP contribution in [-0.4, -0.2) is 32.7 Å². The minimum absolute atomic E-state index is 0. The molecule has 46 heavy (non-hydrogen) atoms. The summed E-state index contributed by atoms with van der Waals surface area (Å²) in [5.74, 6) is 2.13. The Morgan fingerprint density at radius 3 is 2.28 bits per heavy atom. The molecular formula is C37H43ClN2O5S. The van der Waals surface area contributed by atoms with E-state index in [1.807, 2.05) is 81.4 Å². The van der Waals surface area contributed by atoms with E-state index in [0.29, 0.717) is 23.9 Å². The number of methoxy groups -OCH3 is 1. The molecule has 2 aromatic heterocycles. The molecule has 0 aliphatic heterocycles. The van der Waals surface area contributed by atoms with Gasteiger partial charge < -0.3 is 18.6 Å². The number of aryl methyl sites for hydroxylation is 1. The minimum atomic E-state index is -3.75. The second-order valence-electron chi connectivity index (χ2n) is 11.5. The van der Waals surface area contributed by atoms with Crippen LogP contribution < -0.4 is 19.5 Å². The average Bonchev–Trinajstić information content (AvgIpc) is 3.45. The molecule has 9 heteroatoms. The van der Waals surface area contributed by atoms with Crippen molar-refractivity contribution in [1.29, 1.82) is 0 Å². The Kier molecular flexibility index (Phi) is 11.8. The Labute approximate surface area is 278 Å². The molecule has 1 N–H and O–H groups in total. The number of pyridine rings is 1. The lowest BCUT2D eigenvalue weighted by Crippen LogP contribution is -2.35. The number of aromatic nitrogens is 1. The van der Waals surface area contributed by atoms with Gasteiger partial charge in [0.15, 0.2) is 11.5 Å². The SMILES string of the molecule is CCC(NCCc1cc(C)c(OC)c(OCc2ccccc2)c1)Oc1ccc(S(=O)(=O)c2c(C(C)C)cc3ccccn23)cc1.Cl. The van der Waals surface area contributed by atoms with E-state index in [2.05, 4.69) is 18.3 Å². The lowest BCUT2D eigenvalue weighted by Gasteiger charge is -2.20. The molecule has 0 saturated heterocycles. The van der Waals surface area contributed by atoms with E-state index < -0.39 is 9.84 Å². The predicted molar refractivity (Wildman–Crippen MR) is 186 cm³/mol. The molecule has 3 aromatic carbocycles.